The van der Waals surface area contributed by atoms with Gasteiger partial charge in [-0.05, 0) is 255 Å². The summed E-state index contributed by atoms with van der Waals surface area (Å²) in [7, 11) is 9.64. The van der Waals surface area contributed by atoms with Crippen molar-refractivity contribution < 1.29 is 51.6 Å². The topological polar surface area (TPSA) is 19.4 Å². The van der Waals surface area contributed by atoms with Crippen LogP contribution in [-0.2, 0) is 48.1 Å². The number of hydrogen-bond donors (Lipinski definition) is 0. The SMILES string of the molecule is Cc1cc(CC2CCCC2)c(-c2ccccc2C)[n+](C)c1.Cc1cc(CC2CCCCC2)c(-c2ccccc2C)[n+](C)c1.[2H]C([2H])([2H])c1cc(-c2c(C([2H])([2H])[2H])cccc2C([2H])([2H])[2H])c(-c2ccccc2C)[n+](C)c1.[2H]C([2H])([2H])c1cc(-c2ccc(C)cc2C([2H])([2H])[2H])c(-c2ccccc2C)[n+](C)c1.[2H]C([2H])([2H])c1cc(-c2ccccc2C([2H])([2H])[2H])c(-c2ccccc2C)[n+](C)c1. The first-order valence-electron chi connectivity index (χ1n) is 49.6. The minimum atomic E-state index is -2.60. The summed E-state index contributed by atoms with van der Waals surface area (Å²) in [5, 5.41) is 0. The van der Waals surface area contributed by atoms with E-state index < -0.39 is 48.0 Å². The molecular formula is C106H124N5+5. The molecule has 0 aliphatic heterocycles. The summed E-state index contributed by atoms with van der Waals surface area (Å²) in [5.74, 6) is 1.76. The molecule has 2 fully saturated rings. The van der Waals surface area contributed by atoms with Crippen molar-refractivity contribution in [2.75, 3.05) is 0 Å². The van der Waals surface area contributed by atoms with E-state index in [1.54, 1.807) is 95.8 Å². The predicted octanol–water partition coefficient (Wildman–Crippen LogP) is 24.4. The Morgan fingerprint density at radius 3 is 0.910 bits per heavy atom. The fourth-order valence-electron chi connectivity index (χ4n) is 16.6. The molecule has 2 aliphatic rings. The monoisotopic (exact) mass is 1490 g/mol. The summed E-state index contributed by atoms with van der Waals surface area (Å²) in [6.07, 6.45) is 24.4. The lowest BCUT2D eigenvalue weighted by atomic mass is 9.83. The van der Waals surface area contributed by atoms with Crippen LogP contribution in [0, 0.1) is 115 Å². The van der Waals surface area contributed by atoms with Gasteiger partial charge in [-0.15, -0.1) is 0 Å². The Hall–Kier alpha value is -10.5. The maximum atomic E-state index is 8.04. The highest BCUT2D eigenvalue weighted by molar-refractivity contribution is 5.85. The molecule has 15 rings (SSSR count). The van der Waals surface area contributed by atoms with Gasteiger partial charge in [0.05, 0.1) is 16.7 Å². The van der Waals surface area contributed by atoms with E-state index in [9.17, 15) is 0 Å². The summed E-state index contributed by atoms with van der Waals surface area (Å²) in [4.78, 5) is 0. The van der Waals surface area contributed by atoms with Crippen LogP contribution in [0.4, 0.5) is 0 Å². The van der Waals surface area contributed by atoms with E-state index in [1.165, 1.54) is 157 Å². The number of pyridine rings is 5. The summed E-state index contributed by atoms with van der Waals surface area (Å²) >= 11 is 0. The average molecular weight is 1490 g/mol. The Balaban J connectivity index is 0.000000160. The largest absolute Gasteiger partial charge is 0.220 e. The molecule has 2 aliphatic carbocycles. The number of aryl methyl sites for hydroxylation is 20. The van der Waals surface area contributed by atoms with Gasteiger partial charge >= 0.3 is 0 Å². The van der Waals surface area contributed by atoms with E-state index in [-0.39, 0.29) is 50.1 Å². The normalized spacial score (nSPS) is 16.3. The Morgan fingerprint density at radius 1 is 0.243 bits per heavy atom. The molecule has 5 heterocycles. The first-order chi connectivity index (χ1) is 61.8. The van der Waals surface area contributed by atoms with Crippen LogP contribution in [0.1, 0.15) is 181 Å². The van der Waals surface area contributed by atoms with Gasteiger partial charge in [0.25, 0.3) is 0 Å². The molecule has 0 N–H and O–H groups in total. The molecule has 0 spiro atoms. The zero-order chi connectivity index (χ0) is 96.7. The average Bonchev–Trinajstić information content (AvgIpc) is 1.12. The summed E-state index contributed by atoms with van der Waals surface area (Å²) < 4.78 is 177. The van der Waals surface area contributed by atoms with Gasteiger partial charge in [-0.3, -0.25) is 0 Å². The van der Waals surface area contributed by atoms with Crippen molar-refractivity contribution in [1.29, 1.82) is 0 Å². The molecule has 5 nitrogen and oxygen atoms in total. The van der Waals surface area contributed by atoms with Crippen molar-refractivity contribution in [2.24, 2.45) is 47.1 Å². The van der Waals surface area contributed by atoms with E-state index in [2.05, 4.69) is 124 Å². The van der Waals surface area contributed by atoms with Gasteiger partial charge in [-0.2, -0.15) is 0 Å². The fourth-order valence-corrected chi connectivity index (χ4v) is 16.6. The lowest BCUT2D eigenvalue weighted by molar-refractivity contribution is -0.661. The minimum absolute atomic E-state index is 0.0100. The Bertz CT molecular complexity index is 6240. The minimum Gasteiger partial charge on any atom is -0.201 e. The van der Waals surface area contributed by atoms with Gasteiger partial charge < -0.3 is 0 Å². The van der Waals surface area contributed by atoms with E-state index in [1.807, 2.05) is 107 Å². The molecule has 0 unspecified atom stereocenters. The highest BCUT2D eigenvalue weighted by Crippen LogP contribution is 2.40. The van der Waals surface area contributed by atoms with Crippen LogP contribution < -0.4 is 22.8 Å². The summed E-state index contributed by atoms with van der Waals surface area (Å²) in [5.41, 5.74) is 25.6. The summed E-state index contributed by atoms with van der Waals surface area (Å²) in [6, 6.07) is 66.2. The molecule has 0 atom stereocenters. The third kappa shape index (κ3) is 20.0. The maximum Gasteiger partial charge on any atom is 0.220 e. The van der Waals surface area contributed by atoms with Gasteiger partial charge in [-0.25, -0.2) is 22.8 Å². The van der Waals surface area contributed by atoms with Gasteiger partial charge in [0.1, 0.15) is 35.2 Å². The molecule has 0 saturated heterocycles. The highest BCUT2D eigenvalue weighted by Gasteiger charge is 2.28. The molecule has 5 aromatic heterocycles. The number of rotatable bonds is 12. The van der Waals surface area contributed by atoms with Crippen molar-refractivity contribution in [1.82, 2.24) is 0 Å². The Morgan fingerprint density at radius 2 is 0.541 bits per heavy atom. The third-order valence-electron chi connectivity index (χ3n) is 21.9. The summed E-state index contributed by atoms with van der Waals surface area (Å²) in [6.45, 7) is -0.352. The van der Waals surface area contributed by atoms with Crippen molar-refractivity contribution >= 4 is 0 Å². The molecule has 13 aromatic rings. The van der Waals surface area contributed by atoms with E-state index in [4.69, 9.17) is 28.8 Å². The van der Waals surface area contributed by atoms with E-state index >= 15 is 0 Å². The molecule has 568 valence electrons. The van der Waals surface area contributed by atoms with Crippen LogP contribution in [0.15, 0.2) is 243 Å². The molecule has 111 heavy (non-hydrogen) atoms. The van der Waals surface area contributed by atoms with Crippen molar-refractivity contribution in [2.45, 2.75) is 174 Å². The van der Waals surface area contributed by atoms with Crippen LogP contribution in [0.3, 0.4) is 0 Å². The van der Waals surface area contributed by atoms with Crippen LogP contribution in [-0.4, -0.2) is 0 Å². The van der Waals surface area contributed by atoms with Crippen LogP contribution in [0.5, 0.6) is 0 Å². The number of aromatic nitrogens is 5. The van der Waals surface area contributed by atoms with Gasteiger partial charge in [-0.1, -0.05) is 215 Å². The standard InChI is InChI=1S/2C22H24N.C21H22N.C21H28N.C20H26N/c1-15-13-20(21-17(3)10-8-11-18(21)4)22(23(5)14-15)19-12-7-6-9-16(19)2;1-15-10-11-19(18(4)12-15)21-13-16(2)14-23(5)22(21)20-9-7-6-8-17(20)3;1-15-13-20(18-11-7-5-9-16(18)2)21(22(4)14-15)19-12-8-6-10-17(19)3;1-16-13-19(14-18-10-5-4-6-11-18)21(22(3)15-16)20-12-8-7-9-17(20)2;1-15-12-18(13-17-9-5-6-10-17)20(21(3)14-15)19-11-7-4-8-16(19)2/h2*6-14H,1-5H3;5-14H,1-4H3;7-9,12-13,15,18H,4-6,10-11,14H2,1-3H3;4,7-8,11-12,14,17H,5-6,9-10,13H2,1-3H3/q5*+1/i1D3,3D3,4D3;2D3,4D3;1D3,2D3;;. The molecule has 0 bridgehead atoms. The maximum absolute atomic E-state index is 8.04. The zero-order valence-corrected chi connectivity index (χ0v) is 67.3. The van der Waals surface area contributed by atoms with Crippen molar-refractivity contribution in [3.63, 3.8) is 0 Å². The van der Waals surface area contributed by atoms with E-state index in [0.29, 0.717) is 27.9 Å². The lowest BCUT2D eigenvalue weighted by Gasteiger charge is -2.22. The van der Waals surface area contributed by atoms with Gasteiger partial charge in [0.15, 0.2) is 31.0 Å². The number of nitrogens with zero attached hydrogens (tertiary/aromatic N) is 5. The number of hydrogen-bond acceptors (Lipinski definition) is 0. The second-order valence-corrected chi connectivity index (χ2v) is 30.8. The highest BCUT2D eigenvalue weighted by atomic mass is 14.9. The van der Waals surface area contributed by atoms with Crippen molar-refractivity contribution in [3.8, 4) is 89.7 Å². The van der Waals surface area contributed by atoms with Crippen molar-refractivity contribution in [3.05, 3.63) is 338 Å². The van der Waals surface area contributed by atoms with Gasteiger partial charge in [0, 0.05) is 95.5 Å². The fraction of sp³-hybridized carbons (Fsp3) is 0.311. The number of benzene rings is 8. The van der Waals surface area contributed by atoms with Crippen LogP contribution in [0.2, 0.25) is 0 Å². The molecule has 5 heteroatoms. The lowest BCUT2D eigenvalue weighted by Crippen LogP contribution is -2.33. The first kappa shape index (κ1) is 57.5. The Labute approximate surface area is 697 Å². The predicted molar refractivity (Wildman–Crippen MR) is 469 cm³/mol. The molecular weight excluding hydrogens is 1340 g/mol. The van der Waals surface area contributed by atoms with E-state index in [0.717, 1.165) is 62.2 Å². The third-order valence-corrected chi connectivity index (χ3v) is 21.9. The second kappa shape index (κ2) is 37.5. The Kier molecular flexibility index (Phi) is 19.4. The quantitative estimate of drug-likeness (QED) is 0.109. The zero-order valence-electron chi connectivity index (χ0n) is 88.3. The first-order valence-corrected chi connectivity index (χ1v) is 39.1. The molecule has 0 radical (unpaired) electrons. The molecule has 0 amide bonds. The smallest absolute Gasteiger partial charge is 0.201 e. The van der Waals surface area contributed by atoms with Crippen LogP contribution >= 0.6 is 0 Å². The molecule has 8 aromatic carbocycles. The van der Waals surface area contributed by atoms with Gasteiger partial charge in [0.2, 0.25) is 28.5 Å². The second-order valence-electron chi connectivity index (χ2n) is 30.8. The molecule has 2 saturated carbocycles. The van der Waals surface area contributed by atoms with Crippen LogP contribution in [0.25, 0.3) is 89.7 Å².